The Morgan fingerprint density at radius 2 is 1.75 bits per heavy atom. The Hall–Kier alpha value is -1.91. The van der Waals surface area contributed by atoms with Crippen molar-refractivity contribution in [3.8, 4) is 11.5 Å². The number of amides is 1. The van der Waals surface area contributed by atoms with Gasteiger partial charge in [0.25, 0.3) is 0 Å². The van der Waals surface area contributed by atoms with E-state index in [1.807, 2.05) is 32.0 Å². The van der Waals surface area contributed by atoms with Crippen molar-refractivity contribution in [1.82, 2.24) is 5.32 Å². The first-order chi connectivity index (χ1) is 9.71. The summed E-state index contributed by atoms with van der Waals surface area (Å²) in [4.78, 5) is 11.2. The van der Waals surface area contributed by atoms with Gasteiger partial charge in [0.1, 0.15) is 0 Å². The van der Waals surface area contributed by atoms with E-state index >= 15 is 0 Å². The first-order valence-electron chi connectivity index (χ1n) is 7.00. The third kappa shape index (κ3) is 5.38. The summed E-state index contributed by atoms with van der Waals surface area (Å²) in [6.07, 6.45) is 0.328. The van der Waals surface area contributed by atoms with Crippen molar-refractivity contribution in [2.24, 2.45) is 0 Å². The van der Waals surface area contributed by atoms with Crippen molar-refractivity contribution in [3.63, 3.8) is 0 Å². The molecule has 0 heterocycles. The highest BCUT2D eigenvalue weighted by molar-refractivity contribution is 5.67. The lowest BCUT2D eigenvalue weighted by molar-refractivity contribution is 0.152. The topological polar surface area (TPSA) is 56.8 Å². The largest absolute Gasteiger partial charge is 0.490 e. The molecule has 1 aromatic carbocycles. The molecule has 0 aromatic heterocycles. The van der Waals surface area contributed by atoms with Gasteiger partial charge < -0.3 is 19.5 Å². The van der Waals surface area contributed by atoms with Gasteiger partial charge >= 0.3 is 6.09 Å². The summed E-state index contributed by atoms with van der Waals surface area (Å²) in [5.41, 5.74) is 1.08. The van der Waals surface area contributed by atoms with Crippen molar-refractivity contribution in [2.45, 2.75) is 27.2 Å². The van der Waals surface area contributed by atoms with E-state index < -0.39 is 0 Å². The van der Waals surface area contributed by atoms with Gasteiger partial charge in [-0.1, -0.05) is 6.07 Å². The molecule has 1 rings (SSSR count). The van der Waals surface area contributed by atoms with Gasteiger partial charge in [-0.2, -0.15) is 0 Å². The summed E-state index contributed by atoms with van der Waals surface area (Å²) < 4.78 is 15.9. The lowest BCUT2D eigenvalue weighted by Crippen LogP contribution is -2.26. The first-order valence-corrected chi connectivity index (χ1v) is 7.00. The molecular formula is C15H23NO4. The van der Waals surface area contributed by atoms with Crippen LogP contribution in [0.3, 0.4) is 0 Å². The van der Waals surface area contributed by atoms with Crippen LogP contribution in [0.1, 0.15) is 26.3 Å². The normalized spacial score (nSPS) is 9.95. The molecule has 0 atom stereocenters. The lowest BCUT2D eigenvalue weighted by Gasteiger charge is -2.12. The molecule has 0 saturated heterocycles. The molecule has 0 spiro atoms. The van der Waals surface area contributed by atoms with Gasteiger partial charge in [0.15, 0.2) is 11.5 Å². The highest BCUT2D eigenvalue weighted by Crippen LogP contribution is 2.28. The molecule has 0 unspecified atom stereocenters. The molecule has 20 heavy (non-hydrogen) atoms. The number of carbonyl (C=O) groups is 1. The van der Waals surface area contributed by atoms with Crippen LogP contribution in [0.25, 0.3) is 0 Å². The van der Waals surface area contributed by atoms with Gasteiger partial charge in [0, 0.05) is 6.54 Å². The van der Waals surface area contributed by atoms with Crippen LogP contribution in [0.15, 0.2) is 18.2 Å². The molecule has 112 valence electrons. The van der Waals surface area contributed by atoms with E-state index in [9.17, 15) is 4.79 Å². The van der Waals surface area contributed by atoms with Crippen LogP contribution < -0.4 is 14.8 Å². The Labute approximate surface area is 120 Å². The minimum atomic E-state index is -0.386. The van der Waals surface area contributed by atoms with Gasteiger partial charge in [0.2, 0.25) is 0 Å². The SMILES string of the molecule is CCOC(=O)NCCc1ccc(OCC)c(OCC)c1. The van der Waals surface area contributed by atoms with Crippen LogP contribution in [-0.2, 0) is 11.2 Å². The van der Waals surface area contributed by atoms with E-state index in [-0.39, 0.29) is 6.09 Å². The summed E-state index contributed by atoms with van der Waals surface area (Å²) in [5, 5.41) is 2.69. The maximum atomic E-state index is 11.2. The fraction of sp³-hybridized carbons (Fsp3) is 0.533. The molecule has 1 aromatic rings. The Balaban J connectivity index is 2.57. The predicted octanol–water partition coefficient (Wildman–Crippen LogP) is 2.77. The van der Waals surface area contributed by atoms with Gasteiger partial charge in [-0.3, -0.25) is 0 Å². The maximum Gasteiger partial charge on any atom is 0.407 e. The quantitative estimate of drug-likeness (QED) is 0.796. The maximum absolute atomic E-state index is 11.2. The van der Waals surface area contributed by atoms with Crippen LogP contribution in [-0.4, -0.2) is 32.5 Å². The van der Waals surface area contributed by atoms with Crippen LogP contribution in [0, 0.1) is 0 Å². The van der Waals surface area contributed by atoms with Gasteiger partial charge in [0.05, 0.1) is 19.8 Å². The minimum absolute atomic E-state index is 0.378. The number of rotatable bonds is 8. The number of hydrogen-bond donors (Lipinski definition) is 1. The Kier molecular flexibility index (Phi) is 7.32. The second kappa shape index (κ2) is 9.07. The Morgan fingerprint density at radius 3 is 2.40 bits per heavy atom. The molecule has 5 nitrogen and oxygen atoms in total. The number of ether oxygens (including phenoxy) is 3. The van der Waals surface area contributed by atoms with E-state index in [1.165, 1.54) is 0 Å². The number of carbonyl (C=O) groups excluding carboxylic acids is 1. The van der Waals surface area contributed by atoms with Gasteiger partial charge in [-0.15, -0.1) is 0 Å². The zero-order valence-corrected chi connectivity index (χ0v) is 12.4. The second-order valence-electron chi connectivity index (χ2n) is 4.04. The molecule has 1 amide bonds. The first kappa shape index (κ1) is 16.1. The van der Waals surface area contributed by atoms with Crippen LogP contribution in [0.2, 0.25) is 0 Å². The summed E-state index contributed by atoms with van der Waals surface area (Å²) in [6.45, 7) is 7.74. The molecule has 0 saturated carbocycles. The standard InChI is InChI=1S/C15H23NO4/c1-4-18-13-8-7-12(11-14(13)19-5-2)9-10-16-15(17)20-6-3/h7-8,11H,4-6,9-10H2,1-3H3,(H,16,17). The number of benzene rings is 1. The highest BCUT2D eigenvalue weighted by atomic mass is 16.5. The fourth-order valence-electron chi connectivity index (χ4n) is 1.74. The van der Waals surface area contributed by atoms with E-state index in [0.717, 1.165) is 17.1 Å². The Bertz CT molecular complexity index is 420. The van der Waals surface area contributed by atoms with Crippen LogP contribution in [0.5, 0.6) is 11.5 Å². The molecule has 1 N–H and O–H groups in total. The average molecular weight is 281 g/mol. The van der Waals surface area contributed by atoms with E-state index in [1.54, 1.807) is 6.92 Å². The van der Waals surface area contributed by atoms with Crippen molar-refractivity contribution >= 4 is 6.09 Å². The fourth-order valence-corrected chi connectivity index (χ4v) is 1.74. The molecule has 0 bridgehead atoms. The summed E-state index contributed by atoms with van der Waals surface area (Å²) in [6, 6.07) is 5.82. The summed E-state index contributed by atoms with van der Waals surface area (Å²) >= 11 is 0. The van der Waals surface area contributed by atoms with Crippen LogP contribution >= 0.6 is 0 Å². The number of alkyl carbamates (subject to hydrolysis) is 1. The van der Waals surface area contributed by atoms with Gasteiger partial charge in [-0.25, -0.2) is 4.79 Å². The van der Waals surface area contributed by atoms with Crippen molar-refractivity contribution < 1.29 is 19.0 Å². The molecule has 5 heteroatoms. The predicted molar refractivity (Wildman–Crippen MR) is 77.5 cm³/mol. The Morgan fingerprint density at radius 1 is 1.05 bits per heavy atom. The lowest BCUT2D eigenvalue weighted by atomic mass is 10.1. The molecule has 0 aliphatic rings. The molecule has 0 radical (unpaired) electrons. The second-order valence-corrected chi connectivity index (χ2v) is 4.04. The van der Waals surface area contributed by atoms with Crippen molar-refractivity contribution in [2.75, 3.05) is 26.4 Å². The smallest absolute Gasteiger partial charge is 0.407 e. The van der Waals surface area contributed by atoms with E-state index in [2.05, 4.69) is 5.32 Å². The third-order valence-electron chi connectivity index (χ3n) is 2.57. The number of hydrogen-bond acceptors (Lipinski definition) is 4. The molecule has 0 fully saturated rings. The van der Waals surface area contributed by atoms with E-state index in [4.69, 9.17) is 14.2 Å². The molecule has 0 aliphatic heterocycles. The third-order valence-corrected chi connectivity index (χ3v) is 2.57. The highest BCUT2D eigenvalue weighted by Gasteiger charge is 2.06. The summed E-state index contributed by atoms with van der Waals surface area (Å²) in [5.74, 6) is 1.49. The zero-order chi connectivity index (χ0) is 14.8. The van der Waals surface area contributed by atoms with Gasteiger partial charge in [-0.05, 0) is 44.9 Å². The molecule has 0 aliphatic carbocycles. The zero-order valence-electron chi connectivity index (χ0n) is 12.4. The van der Waals surface area contributed by atoms with E-state index in [0.29, 0.717) is 32.8 Å². The monoisotopic (exact) mass is 281 g/mol. The van der Waals surface area contributed by atoms with Crippen molar-refractivity contribution in [1.29, 1.82) is 0 Å². The summed E-state index contributed by atoms with van der Waals surface area (Å²) in [7, 11) is 0. The average Bonchev–Trinajstić information content (AvgIpc) is 2.42. The van der Waals surface area contributed by atoms with Crippen LogP contribution in [0.4, 0.5) is 4.79 Å². The molecular weight excluding hydrogens is 258 g/mol. The van der Waals surface area contributed by atoms with Crippen molar-refractivity contribution in [3.05, 3.63) is 23.8 Å². The number of nitrogens with one attached hydrogen (secondary N) is 1. The minimum Gasteiger partial charge on any atom is -0.490 e.